The first-order valence-corrected chi connectivity index (χ1v) is 5.04. The van der Waals surface area contributed by atoms with Gasteiger partial charge < -0.3 is 9.47 Å². The maximum absolute atomic E-state index is 11.3. The molecule has 4 nitrogen and oxygen atoms in total. The van der Waals surface area contributed by atoms with Gasteiger partial charge in [0.1, 0.15) is 10.7 Å². The van der Waals surface area contributed by atoms with E-state index in [2.05, 4.69) is 9.72 Å². The van der Waals surface area contributed by atoms with Gasteiger partial charge in [-0.1, -0.05) is 11.6 Å². The van der Waals surface area contributed by atoms with Crippen LogP contribution in [0.1, 0.15) is 10.4 Å². The lowest BCUT2D eigenvalue weighted by Crippen LogP contribution is -2.06. The molecule has 1 heterocycles. The minimum Gasteiger partial charge on any atom is -0.480 e. The number of ether oxygens (including phenoxy) is 2. The number of rotatable bonds is 2. The zero-order valence-electron chi connectivity index (χ0n) is 7.51. The molecule has 0 amide bonds. The molecule has 1 rings (SSSR count). The lowest BCUT2D eigenvalue weighted by Gasteiger charge is -2.06. The van der Waals surface area contributed by atoms with E-state index in [1.165, 1.54) is 14.2 Å². The van der Waals surface area contributed by atoms with Crippen molar-refractivity contribution in [3.05, 3.63) is 20.4 Å². The number of carbonyl (C=O) groups is 1. The monoisotopic (exact) mass is 327 g/mol. The average Bonchev–Trinajstić information content (AvgIpc) is 2.20. The number of nitrogens with zero attached hydrogens (tertiary/aromatic N) is 1. The van der Waals surface area contributed by atoms with E-state index in [4.69, 9.17) is 16.3 Å². The van der Waals surface area contributed by atoms with Crippen molar-refractivity contribution in [1.82, 2.24) is 4.98 Å². The normalized spacial score (nSPS) is 9.71. The summed E-state index contributed by atoms with van der Waals surface area (Å²) in [5.41, 5.74) is 0.267. The van der Waals surface area contributed by atoms with Crippen molar-refractivity contribution in [1.29, 1.82) is 0 Å². The molecule has 76 valence electrons. The molecule has 1 aromatic rings. The molecule has 6 heteroatoms. The second kappa shape index (κ2) is 4.79. The van der Waals surface area contributed by atoms with E-state index in [1.54, 1.807) is 6.07 Å². The fourth-order valence-corrected chi connectivity index (χ4v) is 1.43. The van der Waals surface area contributed by atoms with Crippen molar-refractivity contribution in [3.8, 4) is 5.88 Å². The smallest absolute Gasteiger partial charge is 0.343 e. The van der Waals surface area contributed by atoms with E-state index < -0.39 is 5.97 Å². The molecule has 14 heavy (non-hydrogen) atoms. The molecular weight excluding hydrogens is 320 g/mol. The SMILES string of the molecule is COC(=O)c1cc(I)c(Cl)nc1OC. The number of aromatic nitrogens is 1. The maximum Gasteiger partial charge on any atom is 0.343 e. The number of hydrogen-bond donors (Lipinski definition) is 0. The molecule has 0 bridgehead atoms. The standard InChI is InChI=1S/C8H7ClINO3/c1-13-7-4(8(12)14-2)3-5(10)6(9)11-7/h3H,1-2H3. The summed E-state index contributed by atoms with van der Waals surface area (Å²) in [5, 5.41) is 0.301. The fraction of sp³-hybridized carbons (Fsp3) is 0.250. The van der Waals surface area contributed by atoms with Crippen LogP contribution in [-0.4, -0.2) is 25.2 Å². The third-order valence-corrected chi connectivity index (χ3v) is 2.93. The van der Waals surface area contributed by atoms with Crippen LogP contribution in [0.15, 0.2) is 6.07 Å². The lowest BCUT2D eigenvalue weighted by atomic mass is 10.3. The zero-order valence-corrected chi connectivity index (χ0v) is 10.4. The third-order valence-electron chi connectivity index (χ3n) is 1.50. The molecule has 0 atom stereocenters. The van der Waals surface area contributed by atoms with E-state index in [9.17, 15) is 4.79 Å². The first-order valence-electron chi connectivity index (χ1n) is 3.58. The Kier molecular flexibility index (Phi) is 3.94. The third kappa shape index (κ3) is 2.27. The van der Waals surface area contributed by atoms with Crippen molar-refractivity contribution < 1.29 is 14.3 Å². The van der Waals surface area contributed by atoms with Crippen LogP contribution in [0.5, 0.6) is 5.88 Å². The Morgan fingerprint density at radius 3 is 2.71 bits per heavy atom. The van der Waals surface area contributed by atoms with E-state index in [0.717, 1.165) is 0 Å². The van der Waals surface area contributed by atoms with Crippen LogP contribution in [0.25, 0.3) is 0 Å². The molecule has 0 spiro atoms. The highest BCUT2D eigenvalue weighted by Gasteiger charge is 2.16. The van der Waals surface area contributed by atoms with Gasteiger partial charge in [0.2, 0.25) is 5.88 Å². The topological polar surface area (TPSA) is 48.4 Å². The first kappa shape index (κ1) is 11.5. The van der Waals surface area contributed by atoms with Crippen molar-refractivity contribution in [2.75, 3.05) is 14.2 Å². The number of esters is 1. The molecule has 0 aliphatic carbocycles. The number of methoxy groups -OCH3 is 2. The number of halogens is 2. The van der Waals surface area contributed by atoms with Crippen LogP contribution < -0.4 is 4.74 Å². The summed E-state index contributed by atoms with van der Waals surface area (Å²) >= 11 is 7.74. The van der Waals surface area contributed by atoms with E-state index in [0.29, 0.717) is 8.72 Å². The largest absolute Gasteiger partial charge is 0.480 e. The van der Waals surface area contributed by atoms with Crippen LogP contribution in [0, 0.1) is 3.57 Å². The summed E-state index contributed by atoms with van der Waals surface area (Å²) < 4.78 is 10.1. The molecule has 1 aromatic heterocycles. The molecule has 0 N–H and O–H groups in total. The summed E-state index contributed by atoms with van der Waals surface area (Å²) in [6.45, 7) is 0. The van der Waals surface area contributed by atoms with Gasteiger partial charge in [-0.15, -0.1) is 0 Å². The minimum absolute atomic E-state index is 0.169. The molecule has 0 unspecified atom stereocenters. The van der Waals surface area contributed by atoms with Gasteiger partial charge in [-0.25, -0.2) is 4.79 Å². The average molecular weight is 328 g/mol. The second-order valence-corrected chi connectivity index (χ2v) is 3.83. The van der Waals surface area contributed by atoms with Gasteiger partial charge >= 0.3 is 5.97 Å². The van der Waals surface area contributed by atoms with E-state index >= 15 is 0 Å². The Bertz CT molecular complexity index is 370. The van der Waals surface area contributed by atoms with Gasteiger partial charge in [-0.05, 0) is 28.7 Å². The van der Waals surface area contributed by atoms with Crippen molar-refractivity contribution in [3.63, 3.8) is 0 Å². The van der Waals surface area contributed by atoms with Crippen LogP contribution in [0.2, 0.25) is 5.15 Å². The van der Waals surface area contributed by atoms with Gasteiger partial charge in [0.15, 0.2) is 0 Å². The van der Waals surface area contributed by atoms with Crippen LogP contribution in [0.3, 0.4) is 0 Å². The Labute approximate surface area is 99.7 Å². The van der Waals surface area contributed by atoms with Crippen molar-refractivity contribution in [2.24, 2.45) is 0 Å². The Balaban J connectivity index is 3.27. The number of hydrogen-bond acceptors (Lipinski definition) is 4. The summed E-state index contributed by atoms with van der Waals surface area (Å²) in [7, 11) is 2.71. The molecule has 0 aromatic carbocycles. The first-order chi connectivity index (χ1) is 6.60. The van der Waals surface area contributed by atoms with Crippen LogP contribution >= 0.6 is 34.2 Å². The van der Waals surface area contributed by atoms with Gasteiger partial charge in [0, 0.05) is 0 Å². The van der Waals surface area contributed by atoms with Crippen LogP contribution in [0.4, 0.5) is 0 Å². The Morgan fingerprint density at radius 1 is 1.57 bits per heavy atom. The van der Waals surface area contributed by atoms with E-state index in [-0.39, 0.29) is 11.4 Å². The molecule has 0 saturated heterocycles. The predicted molar refractivity (Wildman–Crippen MR) is 59.9 cm³/mol. The molecule has 0 saturated carbocycles. The molecule has 0 aliphatic rings. The Hall–Kier alpha value is -0.560. The minimum atomic E-state index is -0.496. The number of carbonyl (C=O) groups excluding carboxylic acids is 1. The van der Waals surface area contributed by atoms with Gasteiger partial charge in [0.05, 0.1) is 17.8 Å². The van der Waals surface area contributed by atoms with Gasteiger partial charge in [0.25, 0.3) is 0 Å². The predicted octanol–water partition coefficient (Wildman–Crippen LogP) is 2.13. The fourth-order valence-electron chi connectivity index (χ4n) is 0.863. The molecule has 0 aliphatic heterocycles. The number of pyridine rings is 1. The van der Waals surface area contributed by atoms with Crippen LogP contribution in [-0.2, 0) is 4.74 Å². The summed E-state index contributed by atoms with van der Waals surface area (Å²) in [6.07, 6.45) is 0. The lowest BCUT2D eigenvalue weighted by molar-refractivity contribution is 0.0596. The highest BCUT2D eigenvalue weighted by atomic mass is 127. The molecule has 0 radical (unpaired) electrons. The van der Waals surface area contributed by atoms with Gasteiger partial charge in [-0.3, -0.25) is 0 Å². The zero-order chi connectivity index (χ0) is 10.7. The van der Waals surface area contributed by atoms with Crippen molar-refractivity contribution in [2.45, 2.75) is 0 Å². The van der Waals surface area contributed by atoms with Gasteiger partial charge in [-0.2, -0.15) is 4.98 Å². The highest BCUT2D eigenvalue weighted by Crippen LogP contribution is 2.24. The Morgan fingerprint density at radius 2 is 2.21 bits per heavy atom. The summed E-state index contributed by atoms with van der Waals surface area (Å²) in [6, 6.07) is 1.57. The highest BCUT2D eigenvalue weighted by molar-refractivity contribution is 14.1. The van der Waals surface area contributed by atoms with Crippen molar-refractivity contribution >= 4 is 40.2 Å². The van der Waals surface area contributed by atoms with E-state index in [1.807, 2.05) is 22.6 Å². The quantitative estimate of drug-likeness (QED) is 0.474. The second-order valence-electron chi connectivity index (χ2n) is 2.31. The maximum atomic E-state index is 11.3. The molecule has 0 fully saturated rings. The molecular formula is C8H7ClINO3. The summed E-state index contributed by atoms with van der Waals surface area (Å²) in [4.78, 5) is 15.2. The summed E-state index contributed by atoms with van der Waals surface area (Å²) in [5.74, 6) is -0.328.